The van der Waals surface area contributed by atoms with Gasteiger partial charge in [-0.1, -0.05) is 201 Å². The Balaban J connectivity index is 2.76. The third kappa shape index (κ3) is 38.8. The van der Waals surface area contributed by atoms with Gasteiger partial charge in [-0.2, -0.15) is 0 Å². The van der Waals surface area contributed by atoms with Crippen LogP contribution in [-0.4, -0.2) is 89.2 Å². The summed E-state index contributed by atoms with van der Waals surface area (Å²) in [6, 6.07) is 0. The highest BCUT2D eigenvalue weighted by molar-refractivity contribution is 5.74. The lowest BCUT2D eigenvalue weighted by molar-refractivity contribution is -0.301. The van der Waals surface area contributed by atoms with E-state index in [1.54, 1.807) is 0 Å². The van der Waals surface area contributed by atoms with Gasteiger partial charge >= 0.3 is 23.9 Å². The lowest BCUT2D eigenvalue weighted by atomic mass is 9.98. The Morgan fingerprint density at radius 2 is 0.877 bits per heavy atom. The summed E-state index contributed by atoms with van der Waals surface area (Å²) in [6.45, 7) is 5.67. The number of carbonyl (C=O) groups is 4. The maximum atomic E-state index is 13.1. The maximum absolute atomic E-state index is 13.1. The number of ether oxygens (including phenoxy) is 5. The van der Waals surface area contributed by atoms with Crippen molar-refractivity contribution in [2.24, 2.45) is 0 Å². The first-order chi connectivity index (χ1) is 35.6. The molecule has 0 spiro atoms. The Kier molecular flexibility index (Phi) is 44.4. The minimum absolute atomic E-state index is 0.0499. The molecule has 0 aromatic rings. The minimum Gasteiger partial charge on any atom is -0.479 e. The number of carboxylic acid groups (broad SMARTS) is 1. The number of rotatable bonds is 46. The van der Waals surface area contributed by atoms with Crippen LogP contribution in [0.25, 0.3) is 0 Å². The first-order valence-corrected chi connectivity index (χ1v) is 28.2. The van der Waals surface area contributed by atoms with Crippen molar-refractivity contribution >= 4 is 23.9 Å². The van der Waals surface area contributed by atoms with Crippen molar-refractivity contribution in [1.82, 2.24) is 0 Å². The smallest absolute Gasteiger partial charge is 0.335 e. The number of aliphatic carboxylic acids is 1. The third-order valence-electron chi connectivity index (χ3n) is 12.2. The zero-order valence-electron chi connectivity index (χ0n) is 45.3. The van der Waals surface area contributed by atoms with E-state index in [1.165, 1.54) is 51.4 Å². The van der Waals surface area contributed by atoms with E-state index in [2.05, 4.69) is 112 Å². The van der Waals surface area contributed by atoms with E-state index < -0.39 is 67.3 Å². The largest absolute Gasteiger partial charge is 0.479 e. The van der Waals surface area contributed by atoms with Gasteiger partial charge in [-0.15, -0.1) is 0 Å². The average Bonchev–Trinajstić information content (AvgIpc) is 3.37. The number of hydrogen-bond donors (Lipinski definition) is 3. The van der Waals surface area contributed by atoms with Gasteiger partial charge in [0.15, 0.2) is 24.6 Å². The molecule has 1 saturated heterocycles. The Hall–Kier alpha value is -4.36. The molecule has 12 heteroatoms. The minimum atomic E-state index is -1.92. The summed E-state index contributed by atoms with van der Waals surface area (Å²) in [5.41, 5.74) is 0. The third-order valence-corrected chi connectivity index (χ3v) is 12.2. The molecule has 3 N–H and O–H groups in total. The van der Waals surface area contributed by atoms with E-state index in [0.717, 1.165) is 96.3 Å². The molecule has 0 radical (unpaired) electrons. The van der Waals surface area contributed by atoms with Crippen LogP contribution >= 0.6 is 0 Å². The second kappa shape index (κ2) is 48.6. The van der Waals surface area contributed by atoms with E-state index in [9.17, 15) is 34.5 Å². The number of aliphatic hydroxyl groups is 2. The number of carboxylic acids is 1. The average molecular weight is 1020 g/mol. The number of aliphatic hydroxyl groups excluding tert-OH is 2. The molecular formula is C61H98O12. The molecule has 0 amide bonds. The quantitative estimate of drug-likeness (QED) is 0.0228. The molecule has 1 aliphatic rings. The van der Waals surface area contributed by atoms with Gasteiger partial charge < -0.3 is 39.0 Å². The van der Waals surface area contributed by atoms with Gasteiger partial charge in [0.2, 0.25) is 0 Å². The molecule has 1 aliphatic heterocycles. The van der Waals surface area contributed by atoms with E-state index in [-0.39, 0.29) is 25.9 Å². The van der Waals surface area contributed by atoms with Crippen LogP contribution in [0.5, 0.6) is 0 Å². The monoisotopic (exact) mass is 1020 g/mol. The van der Waals surface area contributed by atoms with Crippen LogP contribution in [0.15, 0.2) is 97.2 Å². The van der Waals surface area contributed by atoms with Crippen molar-refractivity contribution in [3.63, 3.8) is 0 Å². The van der Waals surface area contributed by atoms with Gasteiger partial charge in [-0.3, -0.25) is 14.4 Å². The molecular weight excluding hydrogens is 925 g/mol. The van der Waals surface area contributed by atoms with Crippen LogP contribution in [0.3, 0.4) is 0 Å². The summed E-state index contributed by atoms with van der Waals surface area (Å²) in [7, 11) is 0. The molecule has 414 valence electrons. The fraction of sp³-hybridized carbons (Fsp3) is 0.672. The standard InChI is InChI=1S/C61H98O12/c1-4-7-10-13-16-19-22-25-26-27-28-31-32-35-38-41-44-47-53(62)69-50-52(71-54(63)48-45-42-39-36-33-29-23-20-17-14-11-8-5-2)51-70-61-59(57(66)56(65)58(73-61)60(67)68)72-55(64)49-46-43-40-37-34-30-24-21-18-15-12-9-6-3/h7-8,10-11,16-17,19-20,25-26,28-29,31,33,35,38,52,56-59,61,65-66H,4-6,9,12-15,18,21-24,27,30,32,34,36-37,39-51H2,1-3H3,(H,67,68)/b10-7-,11-8-,19-16-,20-17-,26-25-,31-28-,33-29-,38-35-. The molecule has 0 aromatic carbocycles. The first-order valence-electron chi connectivity index (χ1n) is 28.2. The Morgan fingerprint density at radius 3 is 1.36 bits per heavy atom. The van der Waals surface area contributed by atoms with Crippen molar-refractivity contribution in [2.45, 2.75) is 250 Å². The number of esters is 3. The van der Waals surface area contributed by atoms with Gasteiger partial charge in [-0.25, -0.2) is 4.79 Å². The van der Waals surface area contributed by atoms with Gasteiger partial charge in [0.25, 0.3) is 0 Å². The maximum Gasteiger partial charge on any atom is 0.335 e. The van der Waals surface area contributed by atoms with Crippen molar-refractivity contribution < 1.29 is 58.2 Å². The summed E-state index contributed by atoms with van der Waals surface area (Å²) in [5.74, 6) is -3.25. The first kappa shape index (κ1) is 66.7. The van der Waals surface area contributed by atoms with Crippen molar-refractivity contribution in [3.05, 3.63) is 97.2 Å². The highest BCUT2D eigenvalue weighted by atomic mass is 16.7. The van der Waals surface area contributed by atoms with Crippen LogP contribution < -0.4 is 0 Å². The number of hydrogen-bond acceptors (Lipinski definition) is 11. The van der Waals surface area contributed by atoms with Crippen LogP contribution in [0.2, 0.25) is 0 Å². The highest BCUT2D eigenvalue weighted by Gasteiger charge is 2.50. The van der Waals surface area contributed by atoms with Gasteiger partial charge in [-0.05, 0) is 89.9 Å². The number of carbonyl (C=O) groups excluding carboxylic acids is 3. The van der Waals surface area contributed by atoms with Gasteiger partial charge in [0, 0.05) is 19.3 Å². The second-order valence-corrected chi connectivity index (χ2v) is 18.8. The molecule has 12 nitrogen and oxygen atoms in total. The van der Waals surface area contributed by atoms with Crippen molar-refractivity contribution in [2.75, 3.05) is 13.2 Å². The fourth-order valence-electron chi connectivity index (χ4n) is 7.89. The predicted octanol–water partition coefficient (Wildman–Crippen LogP) is 14.1. The summed E-state index contributed by atoms with van der Waals surface area (Å²) < 4.78 is 28.3. The summed E-state index contributed by atoms with van der Waals surface area (Å²) >= 11 is 0. The molecule has 1 heterocycles. The van der Waals surface area contributed by atoms with E-state index in [0.29, 0.717) is 25.7 Å². The van der Waals surface area contributed by atoms with Crippen LogP contribution in [-0.2, 0) is 42.9 Å². The lowest BCUT2D eigenvalue weighted by Gasteiger charge is -2.40. The topological polar surface area (TPSA) is 175 Å². The molecule has 6 atom stereocenters. The highest BCUT2D eigenvalue weighted by Crippen LogP contribution is 2.26. The number of allylic oxidation sites excluding steroid dienone is 16. The molecule has 0 saturated carbocycles. The molecule has 0 bridgehead atoms. The van der Waals surface area contributed by atoms with Gasteiger partial charge in [0.1, 0.15) is 18.8 Å². The zero-order valence-corrected chi connectivity index (χ0v) is 45.3. The van der Waals surface area contributed by atoms with Crippen molar-refractivity contribution in [1.29, 1.82) is 0 Å². The predicted molar refractivity (Wildman–Crippen MR) is 294 cm³/mol. The SMILES string of the molecule is CC/C=C\C/C=C\C/C=C\C/C=C\C/C=C\CCCC(=O)OCC(COC1OC(C(=O)O)C(O)C(O)C1OC(=O)CCCCCCCCCCCCCCC)OC(=O)CCCCC/C=C\C/C=C\C/C=C\CC. The summed E-state index contributed by atoms with van der Waals surface area (Å²) in [6.07, 6.45) is 51.1. The Bertz CT molecular complexity index is 1640. The normalized spacial score (nSPS) is 19.1. The van der Waals surface area contributed by atoms with E-state index in [1.807, 2.05) is 6.08 Å². The Labute approximate surface area is 441 Å². The molecule has 0 aromatic heterocycles. The Morgan fingerprint density at radius 1 is 0.466 bits per heavy atom. The van der Waals surface area contributed by atoms with E-state index >= 15 is 0 Å². The zero-order chi connectivity index (χ0) is 53.3. The molecule has 1 rings (SSSR count). The fourth-order valence-corrected chi connectivity index (χ4v) is 7.89. The lowest BCUT2D eigenvalue weighted by Crippen LogP contribution is -2.61. The van der Waals surface area contributed by atoms with E-state index in [4.69, 9.17) is 23.7 Å². The van der Waals surface area contributed by atoms with Crippen LogP contribution in [0.1, 0.15) is 213 Å². The molecule has 73 heavy (non-hydrogen) atoms. The molecule has 1 fully saturated rings. The molecule has 0 aliphatic carbocycles. The number of unbranched alkanes of at least 4 members (excludes halogenated alkanes) is 16. The second-order valence-electron chi connectivity index (χ2n) is 18.8. The van der Waals surface area contributed by atoms with Gasteiger partial charge in [0.05, 0.1) is 6.61 Å². The van der Waals surface area contributed by atoms with Crippen LogP contribution in [0.4, 0.5) is 0 Å². The summed E-state index contributed by atoms with van der Waals surface area (Å²) in [5, 5.41) is 31.4. The van der Waals surface area contributed by atoms with Crippen LogP contribution in [0, 0.1) is 0 Å². The summed E-state index contributed by atoms with van der Waals surface area (Å²) in [4.78, 5) is 51.0. The van der Waals surface area contributed by atoms with Crippen molar-refractivity contribution in [3.8, 4) is 0 Å². The molecule has 6 unspecified atom stereocenters.